The molecule has 0 radical (unpaired) electrons. The van der Waals surface area contributed by atoms with Crippen molar-refractivity contribution in [1.82, 2.24) is 14.3 Å². The second kappa shape index (κ2) is 8.11. The molecule has 3 aromatic rings. The SMILES string of the molecule is Cc1ccn2c(CC3CN(C(=O)O)CCO3)c(-c3c(F)cc(S(N)(=O)=O)cc3F)nc2c1. The van der Waals surface area contributed by atoms with E-state index >= 15 is 0 Å². The number of halogens is 2. The number of morpholine rings is 1. The van der Waals surface area contributed by atoms with Gasteiger partial charge in [0.05, 0.1) is 41.1 Å². The van der Waals surface area contributed by atoms with Gasteiger partial charge in [0.2, 0.25) is 10.0 Å². The lowest BCUT2D eigenvalue weighted by Gasteiger charge is -2.31. The van der Waals surface area contributed by atoms with E-state index in [9.17, 15) is 27.1 Å². The molecule has 32 heavy (non-hydrogen) atoms. The lowest BCUT2D eigenvalue weighted by molar-refractivity contribution is -0.0214. The van der Waals surface area contributed by atoms with Gasteiger partial charge in [-0.05, 0) is 36.8 Å². The summed E-state index contributed by atoms with van der Waals surface area (Å²) in [5.41, 5.74) is 1.17. The molecule has 3 N–H and O–H groups in total. The second-order valence-electron chi connectivity index (χ2n) is 7.57. The number of hydrogen-bond acceptors (Lipinski definition) is 5. The van der Waals surface area contributed by atoms with Crippen molar-refractivity contribution in [3.05, 3.63) is 53.4 Å². The Bertz CT molecular complexity index is 1300. The number of imidazole rings is 1. The smallest absolute Gasteiger partial charge is 0.407 e. The summed E-state index contributed by atoms with van der Waals surface area (Å²) < 4.78 is 60.3. The average molecular weight is 466 g/mol. The lowest BCUT2D eigenvalue weighted by Crippen LogP contribution is -2.45. The molecule has 1 aliphatic rings. The van der Waals surface area contributed by atoms with Crippen LogP contribution in [0.3, 0.4) is 0 Å². The molecule has 12 heteroatoms. The minimum Gasteiger partial charge on any atom is -0.465 e. The molecule has 1 saturated heterocycles. The van der Waals surface area contributed by atoms with Crippen molar-refractivity contribution in [2.75, 3.05) is 19.7 Å². The number of carbonyl (C=O) groups is 1. The topological polar surface area (TPSA) is 127 Å². The number of carboxylic acid groups (broad SMARTS) is 1. The Morgan fingerprint density at radius 1 is 1.31 bits per heavy atom. The van der Waals surface area contributed by atoms with Gasteiger partial charge in [0.25, 0.3) is 0 Å². The highest BCUT2D eigenvalue weighted by Crippen LogP contribution is 2.32. The zero-order chi connectivity index (χ0) is 23.2. The molecule has 1 fully saturated rings. The quantitative estimate of drug-likeness (QED) is 0.607. The minimum atomic E-state index is -4.31. The molecule has 0 aliphatic carbocycles. The van der Waals surface area contributed by atoms with E-state index in [2.05, 4.69) is 4.98 Å². The van der Waals surface area contributed by atoms with Crippen molar-refractivity contribution >= 4 is 21.8 Å². The third-order valence-corrected chi connectivity index (χ3v) is 6.18. The van der Waals surface area contributed by atoms with Crippen molar-refractivity contribution in [1.29, 1.82) is 0 Å². The highest BCUT2D eigenvalue weighted by molar-refractivity contribution is 7.89. The Balaban J connectivity index is 1.85. The molecule has 1 atom stereocenters. The molecule has 0 saturated carbocycles. The van der Waals surface area contributed by atoms with Gasteiger partial charge in [-0.2, -0.15) is 0 Å². The highest BCUT2D eigenvalue weighted by Gasteiger charge is 2.29. The third kappa shape index (κ3) is 4.16. The van der Waals surface area contributed by atoms with Gasteiger partial charge in [-0.3, -0.25) is 0 Å². The number of ether oxygens (including phenoxy) is 1. The number of benzene rings is 1. The number of hydrogen-bond donors (Lipinski definition) is 2. The number of rotatable bonds is 4. The van der Waals surface area contributed by atoms with Crippen LogP contribution in [0, 0.1) is 18.6 Å². The summed E-state index contributed by atoms with van der Waals surface area (Å²) >= 11 is 0. The van der Waals surface area contributed by atoms with Gasteiger partial charge in [-0.1, -0.05) is 0 Å². The van der Waals surface area contributed by atoms with Crippen LogP contribution in [-0.2, 0) is 21.2 Å². The molecular weight excluding hydrogens is 446 g/mol. The fourth-order valence-electron chi connectivity index (χ4n) is 3.77. The van der Waals surface area contributed by atoms with Crippen molar-refractivity contribution < 1.29 is 31.8 Å². The first-order chi connectivity index (χ1) is 15.0. The Labute approximate surface area is 182 Å². The van der Waals surface area contributed by atoms with Crippen molar-refractivity contribution in [3.63, 3.8) is 0 Å². The number of primary sulfonamides is 1. The summed E-state index contributed by atoms with van der Waals surface area (Å²) in [6.07, 6.45) is 0.180. The van der Waals surface area contributed by atoms with Crippen LogP contribution in [0.15, 0.2) is 35.4 Å². The summed E-state index contributed by atoms with van der Waals surface area (Å²) in [7, 11) is -4.31. The number of nitrogens with zero attached hydrogens (tertiary/aromatic N) is 3. The Hall–Kier alpha value is -3.09. The van der Waals surface area contributed by atoms with Crippen LogP contribution >= 0.6 is 0 Å². The Morgan fingerprint density at radius 2 is 2.00 bits per heavy atom. The predicted octanol–water partition coefficient (Wildman–Crippen LogP) is 2.16. The van der Waals surface area contributed by atoms with E-state index in [1.54, 1.807) is 22.7 Å². The van der Waals surface area contributed by atoms with Gasteiger partial charge in [0, 0.05) is 19.2 Å². The average Bonchev–Trinajstić information content (AvgIpc) is 3.04. The van der Waals surface area contributed by atoms with Crippen LogP contribution in [0.4, 0.5) is 13.6 Å². The number of aromatic nitrogens is 2. The first-order valence-corrected chi connectivity index (χ1v) is 11.2. The normalized spacial score (nSPS) is 17.1. The van der Waals surface area contributed by atoms with Crippen LogP contribution in [0.1, 0.15) is 11.3 Å². The first kappa shape index (κ1) is 22.1. The maximum Gasteiger partial charge on any atom is 0.407 e. The summed E-state index contributed by atoms with van der Waals surface area (Å²) in [5.74, 6) is -2.26. The minimum absolute atomic E-state index is 0.0254. The number of nitrogens with two attached hydrogens (primary N) is 1. The van der Waals surface area contributed by atoms with E-state index in [-0.39, 0.29) is 31.8 Å². The molecule has 170 valence electrons. The first-order valence-electron chi connectivity index (χ1n) is 9.64. The van der Waals surface area contributed by atoms with E-state index in [1.807, 2.05) is 6.92 Å². The van der Waals surface area contributed by atoms with Crippen molar-refractivity contribution in [2.24, 2.45) is 5.14 Å². The van der Waals surface area contributed by atoms with Gasteiger partial charge in [-0.25, -0.2) is 32.1 Å². The molecule has 1 aromatic carbocycles. The number of amides is 1. The summed E-state index contributed by atoms with van der Waals surface area (Å²) in [6, 6.07) is 4.82. The fourth-order valence-corrected chi connectivity index (χ4v) is 4.30. The molecule has 1 unspecified atom stereocenters. The fraction of sp³-hybridized carbons (Fsp3) is 0.300. The van der Waals surface area contributed by atoms with Crippen molar-refractivity contribution in [2.45, 2.75) is 24.3 Å². The maximum atomic E-state index is 14.9. The summed E-state index contributed by atoms with van der Waals surface area (Å²) in [5, 5.41) is 14.3. The Morgan fingerprint density at radius 3 is 2.62 bits per heavy atom. The number of pyridine rings is 1. The highest BCUT2D eigenvalue weighted by atomic mass is 32.2. The van der Waals surface area contributed by atoms with Gasteiger partial charge in [0.1, 0.15) is 17.3 Å². The van der Waals surface area contributed by atoms with E-state index < -0.39 is 44.3 Å². The summed E-state index contributed by atoms with van der Waals surface area (Å²) in [4.78, 5) is 16.3. The maximum absolute atomic E-state index is 14.9. The zero-order valence-electron chi connectivity index (χ0n) is 17.0. The monoisotopic (exact) mass is 466 g/mol. The zero-order valence-corrected chi connectivity index (χ0v) is 17.8. The molecule has 1 aliphatic heterocycles. The summed E-state index contributed by atoms with van der Waals surface area (Å²) in [6.45, 7) is 2.34. The van der Waals surface area contributed by atoms with E-state index in [1.165, 1.54) is 4.90 Å². The third-order valence-electron chi connectivity index (χ3n) is 5.29. The molecule has 0 spiro atoms. The van der Waals surface area contributed by atoms with Crippen LogP contribution in [0.5, 0.6) is 0 Å². The molecule has 3 heterocycles. The van der Waals surface area contributed by atoms with Gasteiger partial charge >= 0.3 is 6.09 Å². The van der Waals surface area contributed by atoms with Gasteiger partial charge in [-0.15, -0.1) is 0 Å². The predicted molar refractivity (Wildman–Crippen MR) is 110 cm³/mol. The lowest BCUT2D eigenvalue weighted by atomic mass is 10.0. The second-order valence-corrected chi connectivity index (χ2v) is 9.13. The van der Waals surface area contributed by atoms with E-state index in [4.69, 9.17) is 9.88 Å². The Kier molecular flexibility index (Phi) is 5.61. The molecule has 2 aromatic heterocycles. The largest absolute Gasteiger partial charge is 0.465 e. The van der Waals surface area contributed by atoms with Crippen LogP contribution in [-0.4, -0.2) is 59.7 Å². The van der Waals surface area contributed by atoms with Gasteiger partial charge < -0.3 is 19.1 Å². The van der Waals surface area contributed by atoms with Crippen molar-refractivity contribution in [3.8, 4) is 11.3 Å². The number of aryl methyl sites for hydroxylation is 1. The molecule has 4 rings (SSSR count). The van der Waals surface area contributed by atoms with Crippen LogP contribution < -0.4 is 5.14 Å². The van der Waals surface area contributed by atoms with Crippen LogP contribution in [0.2, 0.25) is 0 Å². The molecular formula is C20H20F2N4O5S. The van der Waals surface area contributed by atoms with E-state index in [0.717, 1.165) is 5.56 Å². The van der Waals surface area contributed by atoms with E-state index in [0.29, 0.717) is 23.5 Å². The molecule has 1 amide bonds. The number of sulfonamides is 1. The standard InChI is InChI=1S/C20H20F2N4O5S/c1-11-2-3-26-16(7-12-10-25(20(27)28)4-5-31-12)19(24-17(26)6-11)18-14(21)8-13(9-15(18)22)32(23,29)30/h2-3,6,8-9,12H,4-5,7,10H2,1H3,(H,27,28)(H2,23,29,30). The van der Waals surface area contributed by atoms with Gasteiger partial charge in [0.15, 0.2) is 0 Å². The molecule has 9 nitrogen and oxygen atoms in total. The van der Waals surface area contributed by atoms with Crippen LogP contribution in [0.25, 0.3) is 16.9 Å². The number of fused-ring (bicyclic) bond motifs is 1. The molecule has 0 bridgehead atoms.